The Balaban J connectivity index is 2.10. The van der Waals surface area contributed by atoms with Crippen LogP contribution >= 0.6 is 22.9 Å². The molecule has 0 aliphatic carbocycles. The maximum atomic E-state index is 13.7. The molecule has 0 spiro atoms. The van der Waals surface area contributed by atoms with Gasteiger partial charge in [0.25, 0.3) is 0 Å². The maximum Gasteiger partial charge on any atom is 0.243 e. The number of hydrogen-bond donors (Lipinski definition) is 1. The maximum absolute atomic E-state index is 13.7. The summed E-state index contributed by atoms with van der Waals surface area (Å²) >= 11 is 7.37. The summed E-state index contributed by atoms with van der Waals surface area (Å²) in [5.74, 6) is 0.0284. The fourth-order valence-corrected chi connectivity index (χ4v) is 2.92. The van der Waals surface area contributed by atoms with Gasteiger partial charge in [0.2, 0.25) is 5.91 Å². The quantitative estimate of drug-likeness (QED) is 0.602. The van der Waals surface area contributed by atoms with Gasteiger partial charge in [-0.05, 0) is 29.1 Å². The lowest BCUT2D eigenvalue weighted by molar-refractivity contribution is -0.127. The highest BCUT2D eigenvalue weighted by Crippen LogP contribution is 2.16. The topological polar surface area (TPSA) is 47.9 Å². The first-order valence-corrected chi connectivity index (χ1v) is 9.28. The number of rotatable bonds is 6. The summed E-state index contributed by atoms with van der Waals surface area (Å²) in [6, 6.07) is 8.71. The summed E-state index contributed by atoms with van der Waals surface area (Å²) in [5, 5.41) is 5.36. The number of amides is 1. The predicted octanol–water partition coefficient (Wildman–Crippen LogP) is 3.21. The van der Waals surface area contributed by atoms with Crippen molar-refractivity contribution in [2.75, 3.05) is 27.7 Å². The van der Waals surface area contributed by atoms with Gasteiger partial charge in [0.05, 0.1) is 11.6 Å². The van der Waals surface area contributed by atoms with Crippen molar-refractivity contribution in [3.8, 4) is 0 Å². The number of likely N-dealkylation sites (N-methyl/N-ethyl adjacent to an activating group) is 1. The fraction of sp³-hybridized carbons (Fsp3) is 0.333. The van der Waals surface area contributed by atoms with Crippen LogP contribution in [0.25, 0.3) is 0 Å². The van der Waals surface area contributed by atoms with Crippen LogP contribution in [0.15, 0.2) is 40.7 Å². The summed E-state index contributed by atoms with van der Waals surface area (Å²) < 4.78 is 13.7. The average molecular weight is 397 g/mol. The monoisotopic (exact) mass is 396 g/mol. The molecule has 2 rings (SSSR count). The lowest BCUT2D eigenvalue weighted by Crippen LogP contribution is -2.39. The van der Waals surface area contributed by atoms with Gasteiger partial charge in [-0.15, -0.1) is 11.3 Å². The molecule has 8 heteroatoms. The molecule has 0 saturated carbocycles. The third-order valence-corrected chi connectivity index (χ3v) is 4.81. The van der Waals surface area contributed by atoms with Gasteiger partial charge in [-0.3, -0.25) is 4.79 Å². The zero-order valence-electron chi connectivity index (χ0n) is 15.0. The van der Waals surface area contributed by atoms with Gasteiger partial charge in [-0.2, -0.15) is 0 Å². The lowest BCUT2D eigenvalue weighted by atomic mass is 10.2. The molecule has 26 heavy (non-hydrogen) atoms. The Bertz CT molecular complexity index is 765. The van der Waals surface area contributed by atoms with Crippen LogP contribution in [0.5, 0.6) is 0 Å². The van der Waals surface area contributed by atoms with Gasteiger partial charge in [0, 0.05) is 32.6 Å². The van der Waals surface area contributed by atoms with Crippen molar-refractivity contribution in [2.45, 2.75) is 13.1 Å². The first-order chi connectivity index (χ1) is 12.4. The summed E-state index contributed by atoms with van der Waals surface area (Å²) in [5.41, 5.74) is 0.763. The third-order valence-electron chi connectivity index (χ3n) is 3.63. The minimum atomic E-state index is -0.453. The van der Waals surface area contributed by atoms with Gasteiger partial charge < -0.3 is 15.1 Å². The van der Waals surface area contributed by atoms with Gasteiger partial charge in [0.15, 0.2) is 5.96 Å². The minimum Gasteiger partial charge on any atom is -0.351 e. The van der Waals surface area contributed by atoms with Crippen molar-refractivity contribution in [2.24, 2.45) is 4.99 Å². The first kappa shape index (κ1) is 20.2. The molecule has 5 nitrogen and oxygen atoms in total. The van der Waals surface area contributed by atoms with Crippen molar-refractivity contribution in [1.29, 1.82) is 0 Å². The van der Waals surface area contributed by atoms with E-state index >= 15 is 0 Å². The summed E-state index contributed by atoms with van der Waals surface area (Å²) in [6.45, 7) is 1.07. The Hall–Kier alpha value is -2.12. The van der Waals surface area contributed by atoms with Crippen LogP contribution in [-0.2, 0) is 17.9 Å². The van der Waals surface area contributed by atoms with E-state index in [-0.39, 0.29) is 17.5 Å². The largest absolute Gasteiger partial charge is 0.351 e. The number of hydrogen-bond acceptors (Lipinski definition) is 3. The molecule has 0 saturated heterocycles. The molecule has 2 aromatic rings. The van der Waals surface area contributed by atoms with E-state index in [0.717, 1.165) is 10.4 Å². The van der Waals surface area contributed by atoms with Crippen LogP contribution in [0, 0.1) is 5.82 Å². The third kappa shape index (κ3) is 6.00. The number of nitrogens with zero attached hydrogens (tertiary/aromatic N) is 3. The zero-order chi connectivity index (χ0) is 19.1. The number of halogens is 2. The summed E-state index contributed by atoms with van der Waals surface area (Å²) in [7, 11) is 5.22. The average Bonchev–Trinajstić information content (AvgIpc) is 3.11. The van der Waals surface area contributed by atoms with Crippen molar-refractivity contribution in [1.82, 2.24) is 15.1 Å². The van der Waals surface area contributed by atoms with Crippen LogP contribution in [0.4, 0.5) is 4.39 Å². The number of thiophene rings is 1. The van der Waals surface area contributed by atoms with E-state index in [4.69, 9.17) is 11.6 Å². The Morgan fingerprint density at radius 1 is 1.31 bits per heavy atom. The number of nitrogens with one attached hydrogen (secondary N) is 1. The van der Waals surface area contributed by atoms with E-state index in [1.807, 2.05) is 29.5 Å². The van der Waals surface area contributed by atoms with Gasteiger partial charge in [-0.25, -0.2) is 9.38 Å². The molecule has 1 N–H and O–H groups in total. The molecule has 1 aromatic carbocycles. The van der Waals surface area contributed by atoms with Gasteiger partial charge >= 0.3 is 0 Å². The number of aliphatic imine (C=N–C) groups is 1. The van der Waals surface area contributed by atoms with Crippen LogP contribution < -0.4 is 5.32 Å². The van der Waals surface area contributed by atoms with E-state index in [0.29, 0.717) is 19.0 Å². The second-order valence-electron chi connectivity index (χ2n) is 5.97. The molecular formula is C18H22ClFN4OS. The highest BCUT2D eigenvalue weighted by molar-refractivity contribution is 7.09. The SMILES string of the molecule is CN(C)C(=O)CN=C(NCc1cccs1)N(C)Cc1ccc(Cl)c(F)c1. The van der Waals surface area contributed by atoms with Crippen LogP contribution in [0.2, 0.25) is 5.02 Å². The summed E-state index contributed by atoms with van der Waals surface area (Å²) in [4.78, 5) is 20.8. The van der Waals surface area contributed by atoms with Gasteiger partial charge in [-0.1, -0.05) is 23.7 Å². The molecule has 0 aliphatic heterocycles. The second-order valence-corrected chi connectivity index (χ2v) is 7.40. The molecule has 0 atom stereocenters. The highest BCUT2D eigenvalue weighted by atomic mass is 35.5. The normalized spacial score (nSPS) is 11.3. The first-order valence-electron chi connectivity index (χ1n) is 8.02. The standard InChI is InChI=1S/C18H22ClFN4OS/c1-23(2)17(25)11-22-18(21-10-14-5-4-8-26-14)24(3)12-13-6-7-15(19)16(20)9-13/h4-9H,10-12H2,1-3H3,(H,21,22). The van der Waals surface area contributed by atoms with Crippen molar-refractivity contribution < 1.29 is 9.18 Å². The zero-order valence-corrected chi connectivity index (χ0v) is 16.6. The molecule has 1 heterocycles. The Morgan fingerprint density at radius 2 is 2.08 bits per heavy atom. The van der Waals surface area contributed by atoms with E-state index in [1.165, 1.54) is 17.0 Å². The van der Waals surface area contributed by atoms with Crippen LogP contribution in [-0.4, -0.2) is 49.4 Å². The highest BCUT2D eigenvalue weighted by Gasteiger charge is 2.11. The molecule has 0 fully saturated rings. The van der Waals surface area contributed by atoms with Crippen molar-refractivity contribution in [3.63, 3.8) is 0 Å². The Labute approximate surface area is 162 Å². The molecule has 0 aliphatic rings. The molecule has 1 aromatic heterocycles. The molecular weight excluding hydrogens is 375 g/mol. The number of guanidine groups is 1. The molecule has 0 unspecified atom stereocenters. The lowest BCUT2D eigenvalue weighted by Gasteiger charge is -2.23. The van der Waals surface area contributed by atoms with E-state index < -0.39 is 5.82 Å². The minimum absolute atomic E-state index is 0.0408. The number of carbonyl (C=O) groups is 1. The van der Waals surface area contributed by atoms with Gasteiger partial charge in [0.1, 0.15) is 12.4 Å². The fourth-order valence-electron chi connectivity index (χ4n) is 2.16. The smallest absolute Gasteiger partial charge is 0.243 e. The van der Waals surface area contributed by atoms with Crippen molar-refractivity contribution >= 4 is 34.8 Å². The Morgan fingerprint density at radius 3 is 2.69 bits per heavy atom. The second kappa shape index (κ2) is 9.54. The van der Waals surface area contributed by atoms with E-state index in [1.54, 1.807) is 31.5 Å². The molecule has 1 amide bonds. The predicted molar refractivity (Wildman–Crippen MR) is 105 cm³/mol. The summed E-state index contributed by atoms with van der Waals surface area (Å²) in [6.07, 6.45) is 0. The molecule has 0 bridgehead atoms. The molecule has 0 radical (unpaired) electrons. The van der Waals surface area contributed by atoms with E-state index in [2.05, 4.69) is 10.3 Å². The number of benzene rings is 1. The van der Waals surface area contributed by atoms with Crippen molar-refractivity contribution in [3.05, 3.63) is 57.0 Å². The number of carbonyl (C=O) groups excluding carboxylic acids is 1. The Kier molecular flexibility index (Phi) is 7.41. The van der Waals surface area contributed by atoms with Crippen LogP contribution in [0.3, 0.4) is 0 Å². The van der Waals surface area contributed by atoms with E-state index in [9.17, 15) is 9.18 Å². The molecule has 140 valence electrons. The van der Waals surface area contributed by atoms with Crippen LogP contribution in [0.1, 0.15) is 10.4 Å².